The van der Waals surface area contributed by atoms with Crippen LogP contribution in [0.3, 0.4) is 0 Å². The number of fused-ring (bicyclic) bond motifs is 1. The molecule has 2 aromatic heterocycles. The Morgan fingerprint density at radius 3 is 2.62 bits per heavy atom. The number of nitrogens with two attached hydrogens (primary N) is 1. The van der Waals surface area contributed by atoms with Crippen molar-refractivity contribution in [1.29, 1.82) is 0 Å². The van der Waals surface area contributed by atoms with Crippen LogP contribution in [0.1, 0.15) is 17.9 Å². The first-order valence-electron chi connectivity index (χ1n) is 8.70. The standard InChI is InChI=1S/C18H18ClN5O5/c19-9-3-1-8(2-4-9)11(25)14-12(26)13(27)17(29-14)24-6-5-10-15(23-18(20)28)21-7-22-16(10)24/h1-7,11-14,17,25-27H,(H3,20,21,22,23,28)/t11-,12+,13-,14-,17-/m1/s1. The van der Waals surface area contributed by atoms with Gasteiger partial charge in [0.15, 0.2) is 6.23 Å². The van der Waals surface area contributed by atoms with Crippen LogP contribution in [0.2, 0.25) is 5.02 Å². The molecule has 0 unspecified atom stereocenters. The van der Waals surface area contributed by atoms with E-state index in [2.05, 4.69) is 15.3 Å². The molecular formula is C18H18ClN5O5. The van der Waals surface area contributed by atoms with Gasteiger partial charge < -0.3 is 30.4 Å². The highest BCUT2D eigenvalue weighted by Gasteiger charge is 2.47. The molecule has 5 atom stereocenters. The van der Waals surface area contributed by atoms with Crippen molar-refractivity contribution in [2.24, 2.45) is 5.73 Å². The quantitative estimate of drug-likeness (QED) is 0.421. The van der Waals surface area contributed by atoms with Crippen molar-refractivity contribution in [2.75, 3.05) is 5.32 Å². The van der Waals surface area contributed by atoms with Crippen molar-refractivity contribution in [3.05, 3.63) is 53.4 Å². The minimum absolute atomic E-state index is 0.201. The van der Waals surface area contributed by atoms with Crippen molar-refractivity contribution in [3.8, 4) is 0 Å². The topological polar surface area (TPSA) is 156 Å². The van der Waals surface area contributed by atoms with Gasteiger partial charge in [0.25, 0.3) is 0 Å². The van der Waals surface area contributed by atoms with Crippen molar-refractivity contribution >= 4 is 34.5 Å². The van der Waals surface area contributed by atoms with E-state index >= 15 is 0 Å². The Labute approximate surface area is 169 Å². The summed E-state index contributed by atoms with van der Waals surface area (Å²) >= 11 is 5.87. The first-order chi connectivity index (χ1) is 13.9. The molecule has 1 aromatic carbocycles. The van der Waals surface area contributed by atoms with Gasteiger partial charge in [-0.15, -0.1) is 0 Å². The molecule has 11 heteroatoms. The molecule has 0 bridgehead atoms. The molecular weight excluding hydrogens is 402 g/mol. The largest absolute Gasteiger partial charge is 0.387 e. The summed E-state index contributed by atoms with van der Waals surface area (Å²) in [5.41, 5.74) is 5.98. The average molecular weight is 420 g/mol. The molecule has 2 amide bonds. The normalized spacial score (nSPS) is 25.2. The molecule has 152 valence electrons. The second-order valence-corrected chi connectivity index (χ2v) is 7.08. The Bertz CT molecular complexity index is 1040. The number of urea groups is 1. The molecule has 29 heavy (non-hydrogen) atoms. The number of ether oxygens (including phenoxy) is 1. The molecule has 1 aliphatic heterocycles. The van der Waals surface area contributed by atoms with Gasteiger partial charge in [-0.05, 0) is 23.8 Å². The van der Waals surface area contributed by atoms with Gasteiger partial charge in [-0.3, -0.25) is 5.32 Å². The summed E-state index contributed by atoms with van der Waals surface area (Å²) < 4.78 is 7.31. The number of benzene rings is 1. The smallest absolute Gasteiger partial charge is 0.317 e. The lowest BCUT2D eigenvalue weighted by molar-refractivity contribution is -0.0848. The molecule has 1 aliphatic rings. The SMILES string of the molecule is NC(=O)Nc1ncnc2c1ccn2[C@@H]1O[C@H]([C@H](O)c2ccc(Cl)cc2)[C@@H](O)[C@H]1O. The summed E-state index contributed by atoms with van der Waals surface area (Å²) in [6, 6.07) is 7.28. The fraction of sp³-hybridized carbons (Fsp3) is 0.278. The highest BCUT2D eigenvalue weighted by Crippen LogP contribution is 2.38. The number of nitrogens with zero attached hydrogens (tertiary/aromatic N) is 3. The molecule has 1 saturated heterocycles. The monoisotopic (exact) mass is 419 g/mol. The Kier molecular flexibility index (Phi) is 5.11. The second-order valence-electron chi connectivity index (χ2n) is 6.64. The zero-order valence-corrected chi connectivity index (χ0v) is 15.6. The fourth-order valence-electron chi connectivity index (χ4n) is 3.42. The lowest BCUT2D eigenvalue weighted by atomic mass is 9.99. The highest BCUT2D eigenvalue weighted by atomic mass is 35.5. The Balaban J connectivity index is 1.64. The number of carbonyl (C=O) groups excluding carboxylic acids is 1. The number of rotatable bonds is 4. The third kappa shape index (κ3) is 3.52. The summed E-state index contributed by atoms with van der Waals surface area (Å²) in [5, 5.41) is 35.0. The molecule has 0 saturated carbocycles. The van der Waals surface area contributed by atoms with Crippen LogP contribution < -0.4 is 11.1 Å². The second kappa shape index (κ2) is 7.58. The van der Waals surface area contributed by atoms with Gasteiger partial charge >= 0.3 is 6.03 Å². The van der Waals surface area contributed by atoms with Gasteiger partial charge in [-0.25, -0.2) is 14.8 Å². The molecule has 0 aliphatic carbocycles. The number of aliphatic hydroxyl groups excluding tert-OH is 3. The maximum atomic E-state index is 11.2. The summed E-state index contributed by atoms with van der Waals surface area (Å²) in [6.45, 7) is 0. The van der Waals surface area contributed by atoms with Crippen molar-refractivity contribution < 1.29 is 24.9 Å². The number of aliphatic hydroxyl groups is 3. The number of nitrogens with one attached hydrogen (secondary N) is 1. The van der Waals surface area contributed by atoms with E-state index in [0.29, 0.717) is 21.6 Å². The van der Waals surface area contributed by atoms with E-state index in [1.165, 1.54) is 10.9 Å². The number of amides is 2. The van der Waals surface area contributed by atoms with E-state index in [1.54, 1.807) is 36.5 Å². The number of hydrogen-bond donors (Lipinski definition) is 5. The van der Waals surface area contributed by atoms with E-state index in [4.69, 9.17) is 22.1 Å². The van der Waals surface area contributed by atoms with Crippen LogP contribution in [-0.2, 0) is 4.74 Å². The molecule has 3 aromatic rings. The van der Waals surface area contributed by atoms with Gasteiger partial charge in [-0.2, -0.15) is 0 Å². The van der Waals surface area contributed by atoms with Crippen LogP contribution in [0.25, 0.3) is 11.0 Å². The molecule has 4 rings (SSSR count). The van der Waals surface area contributed by atoms with Gasteiger partial charge in [0.05, 0.1) is 5.39 Å². The van der Waals surface area contributed by atoms with E-state index in [-0.39, 0.29) is 5.82 Å². The maximum absolute atomic E-state index is 11.2. The number of hydrogen-bond acceptors (Lipinski definition) is 7. The zero-order valence-electron chi connectivity index (χ0n) is 14.9. The zero-order chi connectivity index (χ0) is 20.7. The summed E-state index contributed by atoms with van der Waals surface area (Å²) in [6.07, 6.45) is -3.19. The predicted molar refractivity (Wildman–Crippen MR) is 103 cm³/mol. The van der Waals surface area contributed by atoms with Gasteiger partial charge in [0, 0.05) is 11.2 Å². The Hall–Kier alpha value is -2.76. The van der Waals surface area contributed by atoms with E-state index in [1.807, 2.05) is 0 Å². The number of aromatic nitrogens is 3. The van der Waals surface area contributed by atoms with Crippen LogP contribution in [0.15, 0.2) is 42.9 Å². The summed E-state index contributed by atoms with van der Waals surface area (Å²) in [5.74, 6) is 0.201. The molecule has 1 fully saturated rings. The highest BCUT2D eigenvalue weighted by molar-refractivity contribution is 6.30. The molecule has 10 nitrogen and oxygen atoms in total. The molecule has 0 spiro atoms. The third-order valence-corrected chi connectivity index (χ3v) is 5.07. The lowest BCUT2D eigenvalue weighted by Gasteiger charge is -2.21. The minimum atomic E-state index is -1.35. The maximum Gasteiger partial charge on any atom is 0.317 e. The summed E-state index contributed by atoms with van der Waals surface area (Å²) in [7, 11) is 0. The number of carbonyl (C=O) groups is 1. The fourth-order valence-corrected chi connectivity index (χ4v) is 3.54. The Morgan fingerprint density at radius 2 is 1.93 bits per heavy atom. The number of anilines is 1. The van der Waals surface area contributed by atoms with Crippen LogP contribution >= 0.6 is 11.6 Å². The lowest BCUT2D eigenvalue weighted by Crippen LogP contribution is -2.34. The third-order valence-electron chi connectivity index (χ3n) is 4.82. The van der Waals surface area contributed by atoms with Crippen LogP contribution in [0.5, 0.6) is 0 Å². The predicted octanol–water partition coefficient (Wildman–Crippen LogP) is 0.928. The van der Waals surface area contributed by atoms with Crippen LogP contribution in [0, 0.1) is 0 Å². The molecule has 0 radical (unpaired) electrons. The molecule has 6 N–H and O–H groups in total. The van der Waals surface area contributed by atoms with Crippen molar-refractivity contribution in [3.63, 3.8) is 0 Å². The van der Waals surface area contributed by atoms with Crippen molar-refractivity contribution in [2.45, 2.75) is 30.6 Å². The number of primary amides is 1. The molecule has 3 heterocycles. The summed E-state index contributed by atoms with van der Waals surface area (Å²) in [4.78, 5) is 19.3. The van der Waals surface area contributed by atoms with Gasteiger partial charge in [0.2, 0.25) is 0 Å². The minimum Gasteiger partial charge on any atom is -0.387 e. The van der Waals surface area contributed by atoms with E-state index in [9.17, 15) is 20.1 Å². The Morgan fingerprint density at radius 1 is 1.21 bits per heavy atom. The van der Waals surface area contributed by atoms with Crippen LogP contribution in [0.4, 0.5) is 10.6 Å². The number of halogens is 1. The van der Waals surface area contributed by atoms with E-state index in [0.717, 1.165) is 0 Å². The first-order valence-corrected chi connectivity index (χ1v) is 9.07. The van der Waals surface area contributed by atoms with Crippen LogP contribution in [-0.4, -0.2) is 54.2 Å². The average Bonchev–Trinajstić information content (AvgIpc) is 3.24. The van der Waals surface area contributed by atoms with Crippen molar-refractivity contribution in [1.82, 2.24) is 14.5 Å². The van der Waals surface area contributed by atoms with E-state index < -0.39 is 36.7 Å². The van der Waals surface area contributed by atoms with Gasteiger partial charge in [-0.1, -0.05) is 23.7 Å². The first kappa shape index (κ1) is 19.6. The van der Waals surface area contributed by atoms with Gasteiger partial charge in [0.1, 0.15) is 42.2 Å².